The second kappa shape index (κ2) is 8.75. The molecule has 0 spiro atoms. The normalized spacial score (nSPS) is 30.2. The predicted molar refractivity (Wildman–Crippen MR) is 103 cm³/mol. The molecule has 0 atom stereocenters. The largest absolute Gasteiger partial charge is 0.492 e. The summed E-state index contributed by atoms with van der Waals surface area (Å²) in [4.78, 5) is 0. The fourth-order valence-electron chi connectivity index (χ4n) is 5.10. The highest BCUT2D eigenvalue weighted by atomic mass is 35.5. The molecule has 0 unspecified atom stereocenters. The van der Waals surface area contributed by atoms with E-state index < -0.39 is 0 Å². The summed E-state index contributed by atoms with van der Waals surface area (Å²) in [5.74, 6) is 3.25. The van der Waals surface area contributed by atoms with Gasteiger partial charge in [-0.25, -0.2) is 4.39 Å². The minimum atomic E-state index is -0.264. The van der Waals surface area contributed by atoms with E-state index in [2.05, 4.69) is 6.92 Å². The Bertz CT molecular complexity index is 557. The quantitative estimate of drug-likeness (QED) is 0.528. The molecule has 1 aromatic rings. The van der Waals surface area contributed by atoms with E-state index in [1.54, 1.807) is 0 Å². The number of hydrogen-bond donors (Lipinski definition) is 0. The summed E-state index contributed by atoms with van der Waals surface area (Å²) < 4.78 is 20.1. The van der Waals surface area contributed by atoms with Gasteiger partial charge in [0.25, 0.3) is 0 Å². The molecule has 2 saturated carbocycles. The van der Waals surface area contributed by atoms with E-state index in [1.165, 1.54) is 44.9 Å². The zero-order chi connectivity index (χ0) is 17.8. The van der Waals surface area contributed by atoms with E-state index in [1.807, 2.05) is 19.1 Å². The predicted octanol–water partition coefficient (Wildman–Crippen LogP) is 7.37. The molecule has 0 saturated heterocycles. The fraction of sp³-hybridized carbons (Fsp3) is 0.727. The highest BCUT2D eigenvalue weighted by molar-refractivity contribution is 6.32. The van der Waals surface area contributed by atoms with E-state index in [0.29, 0.717) is 18.3 Å². The van der Waals surface area contributed by atoms with Crippen molar-refractivity contribution < 1.29 is 9.13 Å². The maximum absolute atomic E-state index is 14.7. The van der Waals surface area contributed by atoms with Crippen LogP contribution < -0.4 is 4.74 Å². The maximum atomic E-state index is 14.7. The van der Waals surface area contributed by atoms with Crippen LogP contribution in [0.2, 0.25) is 5.02 Å². The van der Waals surface area contributed by atoms with Gasteiger partial charge in [0.2, 0.25) is 0 Å². The molecule has 1 nitrogen and oxygen atoms in total. The van der Waals surface area contributed by atoms with Crippen molar-refractivity contribution >= 4 is 11.6 Å². The van der Waals surface area contributed by atoms with Crippen LogP contribution in [0.1, 0.15) is 83.1 Å². The first-order valence-electron chi connectivity index (χ1n) is 10.2. The van der Waals surface area contributed by atoms with E-state index in [-0.39, 0.29) is 10.8 Å². The molecule has 3 rings (SSSR count). The SMILES string of the molecule is CCOc1ccc(C2CCC(C3CCC(CC)CC3)CC2)c(F)c1Cl. The molecule has 140 valence electrons. The summed E-state index contributed by atoms with van der Waals surface area (Å²) in [6.45, 7) is 4.72. The third-order valence-corrected chi connectivity index (χ3v) is 7.08. The molecular formula is C22H32ClFO. The Balaban J connectivity index is 1.58. The lowest BCUT2D eigenvalue weighted by molar-refractivity contribution is 0.158. The molecule has 0 radical (unpaired) electrons. The Morgan fingerprint density at radius 2 is 1.56 bits per heavy atom. The van der Waals surface area contributed by atoms with E-state index in [4.69, 9.17) is 16.3 Å². The van der Waals surface area contributed by atoms with Crippen LogP contribution in [0.15, 0.2) is 12.1 Å². The second-order valence-corrected chi connectivity index (χ2v) is 8.39. The average Bonchev–Trinajstić information content (AvgIpc) is 2.66. The average molecular weight is 367 g/mol. The van der Waals surface area contributed by atoms with Crippen molar-refractivity contribution in [3.05, 3.63) is 28.5 Å². The molecule has 0 aliphatic heterocycles. The van der Waals surface area contributed by atoms with Gasteiger partial charge in [-0.05, 0) is 80.8 Å². The molecule has 2 aliphatic carbocycles. The molecule has 0 aromatic heterocycles. The Hall–Kier alpha value is -0.760. The standard InChI is InChI=1S/C22H32ClFO/c1-3-15-5-7-16(8-6-15)17-9-11-18(12-10-17)19-13-14-20(25-4-2)21(23)22(19)24/h13-18H,3-12H2,1-2H3. The molecule has 0 bridgehead atoms. The molecule has 0 amide bonds. The molecule has 3 heteroatoms. The summed E-state index contributed by atoms with van der Waals surface area (Å²) in [6, 6.07) is 3.73. The lowest BCUT2D eigenvalue weighted by Crippen LogP contribution is -2.25. The Kier molecular flexibility index (Phi) is 6.66. The number of halogens is 2. The first kappa shape index (κ1) is 19.0. The number of rotatable bonds is 5. The molecule has 2 aliphatic rings. The van der Waals surface area contributed by atoms with Gasteiger partial charge in [-0.2, -0.15) is 0 Å². The van der Waals surface area contributed by atoms with Crippen molar-refractivity contribution in [3.63, 3.8) is 0 Å². The van der Waals surface area contributed by atoms with E-state index in [0.717, 1.165) is 36.2 Å². The molecule has 2 fully saturated rings. The molecule has 1 aromatic carbocycles. The zero-order valence-corrected chi connectivity index (χ0v) is 16.5. The highest BCUT2D eigenvalue weighted by Gasteiger charge is 2.32. The van der Waals surface area contributed by atoms with Crippen LogP contribution in [0.3, 0.4) is 0 Å². The topological polar surface area (TPSA) is 9.23 Å². The van der Waals surface area contributed by atoms with Gasteiger partial charge in [-0.3, -0.25) is 0 Å². The molecule has 0 N–H and O–H groups in total. The third-order valence-electron chi connectivity index (χ3n) is 6.72. The number of benzene rings is 1. The fourth-order valence-corrected chi connectivity index (χ4v) is 5.33. The summed E-state index contributed by atoms with van der Waals surface area (Å²) in [6.07, 6.45) is 11.7. The van der Waals surface area contributed by atoms with Crippen molar-refractivity contribution in [1.82, 2.24) is 0 Å². The lowest BCUT2D eigenvalue weighted by atomic mass is 9.68. The van der Waals surface area contributed by atoms with Gasteiger partial charge in [0.1, 0.15) is 16.6 Å². The van der Waals surface area contributed by atoms with Crippen LogP contribution in [0.4, 0.5) is 4.39 Å². The van der Waals surface area contributed by atoms with E-state index in [9.17, 15) is 4.39 Å². The van der Waals surface area contributed by atoms with Gasteiger partial charge in [-0.1, -0.05) is 43.9 Å². The van der Waals surface area contributed by atoms with Gasteiger partial charge >= 0.3 is 0 Å². The Morgan fingerprint density at radius 1 is 0.960 bits per heavy atom. The first-order chi connectivity index (χ1) is 12.1. The minimum Gasteiger partial charge on any atom is -0.492 e. The molecule has 0 heterocycles. The van der Waals surface area contributed by atoms with Gasteiger partial charge < -0.3 is 4.74 Å². The van der Waals surface area contributed by atoms with Gasteiger partial charge in [-0.15, -0.1) is 0 Å². The van der Waals surface area contributed by atoms with Crippen LogP contribution in [0, 0.1) is 23.6 Å². The van der Waals surface area contributed by atoms with Crippen molar-refractivity contribution in [2.45, 2.75) is 77.6 Å². The Labute approximate surface area is 157 Å². The van der Waals surface area contributed by atoms with Crippen LogP contribution in [-0.4, -0.2) is 6.61 Å². The molecule has 25 heavy (non-hydrogen) atoms. The highest BCUT2D eigenvalue weighted by Crippen LogP contribution is 2.45. The van der Waals surface area contributed by atoms with Crippen molar-refractivity contribution in [2.75, 3.05) is 6.61 Å². The van der Waals surface area contributed by atoms with Gasteiger partial charge in [0.05, 0.1) is 6.61 Å². The van der Waals surface area contributed by atoms with Gasteiger partial charge in [0.15, 0.2) is 0 Å². The third kappa shape index (κ3) is 4.32. The van der Waals surface area contributed by atoms with Crippen LogP contribution in [0.5, 0.6) is 5.75 Å². The van der Waals surface area contributed by atoms with Crippen molar-refractivity contribution in [1.29, 1.82) is 0 Å². The smallest absolute Gasteiger partial charge is 0.149 e. The maximum Gasteiger partial charge on any atom is 0.149 e. The summed E-state index contributed by atoms with van der Waals surface area (Å²) in [5.41, 5.74) is 0.793. The van der Waals surface area contributed by atoms with Crippen molar-refractivity contribution in [3.8, 4) is 5.75 Å². The van der Waals surface area contributed by atoms with Crippen LogP contribution in [-0.2, 0) is 0 Å². The number of ether oxygens (including phenoxy) is 1. The lowest BCUT2D eigenvalue weighted by Gasteiger charge is -2.38. The van der Waals surface area contributed by atoms with Crippen LogP contribution in [0.25, 0.3) is 0 Å². The number of hydrogen-bond acceptors (Lipinski definition) is 1. The summed E-state index contributed by atoms with van der Waals surface area (Å²) in [5, 5.41) is 0.152. The first-order valence-corrected chi connectivity index (χ1v) is 10.6. The zero-order valence-electron chi connectivity index (χ0n) is 15.7. The van der Waals surface area contributed by atoms with Gasteiger partial charge in [0, 0.05) is 0 Å². The van der Waals surface area contributed by atoms with Crippen LogP contribution >= 0.6 is 11.6 Å². The van der Waals surface area contributed by atoms with E-state index >= 15 is 0 Å². The molecular weight excluding hydrogens is 335 g/mol. The monoisotopic (exact) mass is 366 g/mol. The summed E-state index contributed by atoms with van der Waals surface area (Å²) in [7, 11) is 0. The van der Waals surface area contributed by atoms with Crippen molar-refractivity contribution in [2.24, 2.45) is 17.8 Å². The Morgan fingerprint density at radius 3 is 2.12 bits per heavy atom. The second-order valence-electron chi connectivity index (χ2n) is 8.01. The minimum absolute atomic E-state index is 0.152. The summed E-state index contributed by atoms with van der Waals surface area (Å²) >= 11 is 6.17.